The molecule has 27 nitrogen and oxygen atoms in total. The highest BCUT2D eigenvalue weighted by Crippen LogP contribution is 2.36. The highest BCUT2D eigenvalue weighted by molar-refractivity contribution is 7.84. The first-order valence-electron chi connectivity index (χ1n) is 24.0. The number of fused-ring (bicyclic) bond motifs is 1. The van der Waals surface area contributed by atoms with E-state index in [-0.39, 0.29) is 103 Å². The number of ether oxygens (including phenoxy) is 7. The number of ketones is 1. The maximum absolute atomic E-state index is 15.2. The van der Waals surface area contributed by atoms with Gasteiger partial charge in [0, 0.05) is 25.8 Å². The highest BCUT2D eigenvalue weighted by atomic mass is 32.2. The molecule has 0 unspecified atom stereocenters. The minimum absolute atomic E-state index is 0.0229. The van der Waals surface area contributed by atoms with Gasteiger partial charge in [-0.3, -0.25) is 18.6 Å². The summed E-state index contributed by atoms with van der Waals surface area (Å²) in [4.78, 5) is 53.3. The molecule has 0 saturated carbocycles. The van der Waals surface area contributed by atoms with E-state index in [0.29, 0.717) is 31.8 Å². The number of aliphatic carboxylic acids is 1. The molecule has 2 fully saturated rings. The third-order valence-corrected chi connectivity index (χ3v) is 12.2. The van der Waals surface area contributed by atoms with Crippen LogP contribution >= 0.6 is 0 Å². The molecular weight excluding hydrogens is 1050 g/mol. The van der Waals surface area contributed by atoms with Crippen molar-refractivity contribution in [3.8, 4) is 23.3 Å². The number of carbonyl (C=O) groups is 4. The summed E-state index contributed by atoms with van der Waals surface area (Å²) in [5, 5.41) is 74.0. The second-order valence-corrected chi connectivity index (χ2v) is 18.6. The summed E-state index contributed by atoms with van der Waals surface area (Å²) in [7, 11) is -4.51. The third-order valence-electron chi connectivity index (χ3n) is 11.7. The Bertz CT molecular complexity index is 2900. The van der Waals surface area contributed by atoms with Crippen LogP contribution in [0.1, 0.15) is 56.0 Å². The van der Waals surface area contributed by atoms with Gasteiger partial charge in [0.25, 0.3) is 0 Å². The first-order valence-corrected chi connectivity index (χ1v) is 25.5. The molecule has 9 atom stereocenters. The van der Waals surface area contributed by atoms with Crippen LogP contribution in [0.2, 0.25) is 0 Å². The van der Waals surface area contributed by atoms with Crippen molar-refractivity contribution in [2.45, 2.75) is 94.9 Å². The maximum Gasteiger partial charge on any atom is 0.335 e. The molecule has 29 heteroatoms. The standard InChI is InChI=1S/C48H60FN7O20S/c1-3-72-32-6-4-5-30(49)29(32)9-8-28-23-56(46-41(63)38(60)34(74-46)24-73-77(51,67)68)45-37(28)44(50)53-25-55(45)22-27-7-10-33(75-48-42(64)39(61)40(62)43(76-48)47(65)66)31(21-27)54-36(59)11-14-52-35(58)13-16-70-18-20-71-19-17-69-15-12-26(2)57/h4-7,10,21,23,25,34,38-43,46,48,50,60-64H,3,11-20,22,24H2,1-2H3,(H5,51,52,54,58,59,65,66,67,68)/p+1/t34-,38-,39+,40+,41-,42-,43+,46-,48-/m1/s1. The molecule has 0 radical (unpaired) electrons. The number of aromatic nitrogens is 3. The molecule has 2 aliphatic heterocycles. The lowest BCUT2D eigenvalue weighted by molar-refractivity contribution is -0.668. The predicted molar refractivity (Wildman–Crippen MR) is 262 cm³/mol. The number of hydrogen-bond donors (Lipinski definition) is 10. The summed E-state index contributed by atoms with van der Waals surface area (Å²) < 4.78 is 84.8. The average Bonchev–Trinajstić information content (AvgIpc) is 3.97. The van der Waals surface area contributed by atoms with Crippen molar-refractivity contribution in [2.24, 2.45) is 5.14 Å². The molecule has 0 spiro atoms. The Kier molecular flexibility index (Phi) is 21.5. The first-order chi connectivity index (χ1) is 36.7. The molecule has 420 valence electrons. The normalized spacial score (nSPS) is 22.3. The van der Waals surface area contributed by atoms with E-state index in [1.54, 1.807) is 6.92 Å². The van der Waals surface area contributed by atoms with Crippen molar-refractivity contribution in [2.75, 3.05) is 70.5 Å². The predicted octanol–water partition coefficient (Wildman–Crippen LogP) is -2.13. The SMILES string of the molecule is CCOc1cccc(F)c1C#Cc1cn([C@@H]2O[C@H](COS(N)(=O)=O)[C@@H](O)[C@H]2O)c2c1c(N)nc[n+]2Cc1ccc(O[C@@H]2O[C@H](C(=O)O)[C@@H](O)[C@H](O)[C@H]2O)c(NC(=O)CCNC(=O)CCOCCOCCOCCC(C)=O)c1. The van der Waals surface area contributed by atoms with Gasteiger partial charge in [0.2, 0.25) is 42.1 Å². The topological polar surface area (TPSA) is 395 Å². The number of nitrogen functional groups attached to an aromatic ring is 1. The van der Waals surface area contributed by atoms with E-state index in [1.165, 1.54) is 65.0 Å². The van der Waals surface area contributed by atoms with E-state index < -0.39 is 95.8 Å². The van der Waals surface area contributed by atoms with Gasteiger partial charge in [0.1, 0.15) is 70.7 Å². The van der Waals surface area contributed by atoms with Crippen LogP contribution in [0.4, 0.5) is 15.9 Å². The van der Waals surface area contributed by atoms with E-state index in [1.807, 2.05) is 0 Å². The number of aliphatic hydroxyl groups is 5. The Morgan fingerprint density at radius 1 is 0.870 bits per heavy atom. The summed E-state index contributed by atoms with van der Waals surface area (Å²) in [5.74, 6) is 2.01. The molecule has 2 aliphatic rings. The van der Waals surface area contributed by atoms with Crippen molar-refractivity contribution >= 4 is 56.4 Å². The second kappa shape index (κ2) is 27.7. The molecule has 4 heterocycles. The Labute approximate surface area is 439 Å². The molecular formula is C48H61FN7O20S+. The van der Waals surface area contributed by atoms with Gasteiger partial charge in [-0.05, 0) is 43.7 Å². The average molecular weight is 1110 g/mol. The van der Waals surface area contributed by atoms with Crippen molar-refractivity contribution in [1.29, 1.82) is 0 Å². The van der Waals surface area contributed by atoms with Crippen molar-refractivity contribution in [3.63, 3.8) is 0 Å². The molecule has 0 bridgehead atoms. The zero-order valence-electron chi connectivity index (χ0n) is 41.7. The fraction of sp³-hybridized carbons (Fsp3) is 0.500. The minimum Gasteiger partial charge on any atom is -0.492 e. The van der Waals surface area contributed by atoms with Gasteiger partial charge < -0.3 is 80.2 Å². The molecule has 4 aromatic rings. The number of Topliss-reactive ketones (excluding diaryl/α,β-unsaturated/α-hetero) is 1. The number of carboxylic acid groups (broad SMARTS) is 1. The summed E-state index contributed by atoms with van der Waals surface area (Å²) >= 11 is 0. The van der Waals surface area contributed by atoms with Gasteiger partial charge in [0.15, 0.2) is 6.10 Å². The number of amides is 2. The summed E-state index contributed by atoms with van der Waals surface area (Å²) in [6.07, 6.45) is -13.8. The van der Waals surface area contributed by atoms with Crippen LogP contribution < -0.4 is 35.5 Å². The van der Waals surface area contributed by atoms with Crippen LogP contribution in [-0.4, -0.2) is 181 Å². The first kappa shape index (κ1) is 59.7. The van der Waals surface area contributed by atoms with Crippen molar-refractivity contribution in [1.82, 2.24) is 14.9 Å². The smallest absolute Gasteiger partial charge is 0.335 e. The largest absolute Gasteiger partial charge is 0.492 e. The van der Waals surface area contributed by atoms with Crippen LogP contribution in [0.5, 0.6) is 11.5 Å². The van der Waals surface area contributed by atoms with Crippen LogP contribution in [0.3, 0.4) is 0 Å². The van der Waals surface area contributed by atoms with E-state index in [2.05, 4.69) is 31.6 Å². The second-order valence-electron chi connectivity index (χ2n) is 17.4. The number of hydrogen-bond acceptors (Lipinski definition) is 21. The lowest BCUT2D eigenvalue weighted by Crippen LogP contribution is -2.61. The monoisotopic (exact) mass is 1110 g/mol. The molecule has 2 amide bonds. The van der Waals surface area contributed by atoms with Crippen molar-refractivity contribution < 1.29 is 105 Å². The Morgan fingerprint density at radius 3 is 2.25 bits per heavy atom. The summed E-state index contributed by atoms with van der Waals surface area (Å²) in [5.41, 5.74) is 6.88. The fourth-order valence-corrected chi connectivity index (χ4v) is 8.21. The number of nitrogens with one attached hydrogen (secondary N) is 2. The number of rotatable bonds is 27. The molecule has 77 heavy (non-hydrogen) atoms. The Hall–Kier alpha value is -6.50. The number of aliphatic hydroxyl groups excluding tert-OH is 5. The maximum atomic E-state index is 15.2. The zero-order valence-corrected chi connectivity index (χ0v) is 42.5. The van der Waals surface area contributed by atoms with E-state index in [4.69, 9.17) is 44.0 Å². The molecule has 2 saturated heterocycles. The van der Waals surface area contributed by atoms with E-state index >= 15 is 4.39 Å². The lowest BCUT2D eigenvalue weighted by atomic mass is 9.99. The number of carbonyl (C=O) groups excluding carboxylic acids is 3. The number of halogens is 1. The third kappa shape index (κ3) is 16.3. The quantitative estimate of drug-likeness (QED) is 0.0173. The lowest BCUT2D eigenvalue weighted by Gasteiger charge is -2.38. The van der Waals surface area contributed by atoms with Crippen molar-refractivity contribution in [3.05, 3.63) is 71.4 Å². The van der Waals surface area contributed by atoms with Gasteiger partial charge in [-0.2, -0.15) is 8.42 Å². The molecule has 2 aromatic carbocycles. The Morgan fingerprint density at radius 2 is 1.57 bits per heavy atom. The van der Waals surface area contributed by atoms with Gasteiger partial charge >= 0.3 is 16.3 Å². The molecule has 12 N–H and O–H groups in total. The summed E-state index contributed by atoms with van der Waals surface area (Å²) in [6.45, 7) is 3.66. The number of benzene rings is 2. The van der Waals surface area contributed by atoms with Crippen LogP contribution in [0.25, 0.3) is 11.0 Å². The molecule has 0 aliphatic carbocycles. The Balaban J connectivity index is 1.26. The zero-order chi connectivity index (χ0) is 56.0. The van der Waals surface area contributed by atoms with Gasteiger partial charge in [-0.15, -0.1) is 0 Å². The minimum atomic E-state index is -4.51. The van der Waals surface area contributed by atoms with Gasteiger partial charge in [0.05, 0.1) is 76.8 Å². The molecule has 2 aromatic heterocycles. The van der Waals surface area contributed by atoms with Crippen LogP contribution in [0.15, 0.2) is 48.9 Å². The van der Waals surface area contributed by atoms with Gasteiger partial charge in [-0.1, -0.05) is 29.0 Å². The summed E-state index contributed by atoms with van der Waals surface area (Å²) in [6, 6.07) is 8.34. The fourth-order valence-electron chi connectivity index (χ4n) is 7.89. The number of anilines is 2. The van der Waals surface area contributed by atoms with Crippen LogP contribution in [-0.2, 0) is 63.9 Å². The van der Waals surface area contributed by atoms with E-state index in [9.17, 15) is 58.2 Å². The number of nitrogens with zero attached hydrogens (tertiary/aromatic N) is 3. The van der Waals surface area contributed by atoms with Gasteiger partial charge in [-0.25, -0.2) is 23.5 Å². The van der Waals surface area contributed by atoms with Crippen LogP contribution in [0, 0.1) is 17.7 Å². The highest BCUT2D eigenvalue weighted by Gasteiger charge is 2.49. The number of carboxylic acids is 1. The molecule has 6 rings (SSSR count). The van der Waals surface area contributed by atoms with E-state index in [0.717, 1.165) is 0 Å². The number of nitrogens with two attached hydrogens (primary N) is 2.